The molecule has 114 valence electrons. The molecule has 2 aromatic rings. The van der Waals surface area contributed by atoms with Gasteiger partial charge < -0.3 is 0 Å². The molecular formula is C21H24O. The second kappa shape index (κ2) is 5.22. The van der Waals surface area contributed by atoms with Gasteiger partial charge in [0, 0.05) is 11.0 Å². The van der Waals surface area contributed by atoms with E-state index in [1.165, 1.54) is 42.9 Å². The van der Waals surface area contributed by atoms with Crippen LogP contribution < -0.4 is 0 Å². The van der Waals surface area contributed by atoms with Crippen molar-refractivity contribution in [2.75, 3.05) is 0 Å². The first kappa shape index (κ1) is 14.0. The SMILES string of the molecule is CC1(C(=O)c2ccc3ccccc3c2)CC1C1CCCCC1. The van der Waals surface area contributed by atoms with Crippen LogP contribution in [0.5, 0.6) is 0 Å². The number of carbonyl (C=O) groups is 1. The van der Waals surface area contributed by atoms with E-state index in [4.69, 9.17) is 0 Å². The van der Waals surface area contributed by atoms with Crippen molar-refractivity contribution in [3.05, 3.63) is 48.0 Å². The van der Waals surface area contributed by atoms with Crippen molar-refractivity contribution in [3.63, 3.8) is 0 Å². The van der Waals surface area contributed by atoms with Gasteiger partial charge in [-0.3, -0.25) is 4.79 Å². The summed E-state index contributed by atoms with van der Waals surface area (Å²) < 4.78 is 0. The summed E-state index contributed by atoms with van der Waals surface area (Å²) in [5.74, 6) is 1.80. The molecule has 0 N–H and O–H groups in total. The molecule has 1 nitrogen and oxygen atoms in total. The first-order valence-corrected chi connectivity index (χ1v) is 8.72. The van der Waals surface area contributed by atoms with Crippen LogP contribution in [0.15, 0.2) is 42.5 Å². The standard InChI is InChI=1S/C21H24O/c1-21(14-19(21)16-8-3-2-4-9-16)20(22)18-12-11-15-7-5-6-10-17(15)13-18/h5-7,10-13,16,19H,2-4,8-9,14H2,1H3. The van der Waals surface area contributed by atoms with Gasteiger partial charge in [-0.05, 0) is 35.1 Å². The summed E-state index contributed by atoms with van der Waals surface area (Å²) in [6.45, 7) is 2.20. The fraction of sp³-hybridized carbons (Fsp3) is 0.476. The van der Waals surface area contributed by atoms with Gasteiger partial charge in [0.1, 0.15) is 0 Å². The first-order chi connectivity index (χ1) is 10.7. The zero-order valence-corrected chi connectivity index (χ0v) is 13.3. The smallest absolute Gasteiger partial charge is 0.169 e. The summed E-state index contributed by atoms with van der Waals surface area (Å²) in [5, 5.41) is 2.38. The van der Waals surface area contributed by atoms with Crippen molar-refractivity contribution in [1.82, 2.24) is 0 Å². The molecule has 2 aliphatic rings. The van der Waals surface area contributed by atoms with Crippen molar-refractivity contribution in [3.8, 4) is 0 Å². The van der Waals surface area contributed by atoms with Crippen molar-refractivity contribution in [2.45, 2.75) is 45.4 Å². The Bertz CT molecular complexity index is 711. The molecule has 0 amide bonds. The molecular weight excluding hydrogens is 268 g/mol. The van der Waals surface area contributed by atoms with E-state index in [0.717, 1.165) is 17.9 Å². The average Bonchev–Trinajstić information content (AvgIpc) is 3.28. The largest absolute Gasteiger partial charge is 0.294 e. The van der Waals surface area contributed by atoms with Crippen molar-refractivity contribution < 1.29 is 4.79 Å². The maximum absolute atomic E-state index is 13.0. The van der Waals surface area contributed by atoms with E-state index in [0.29, 0.717) is 11.7 Å². The van der Waals surface area contributed by atoms with Crippen LogP contribution in [-0.2, 0) is 0 Å². The third kappa shape index (κ3) is 2.27. The molecule has 2 saturated carbocycles. The minimum absolute atomic E-state index is 0.0928. The molecule has 0 spiro atoms. The van der Waals surface area contributed by atoms with Gasteiger partial charge in [0.2, 0.25) is 0 Å². The third-order valence-corrected chi connectivity index (χ3v) is 6.05. The van der Waals surface area contributed by atoms with Crippen LogP contribution in [0.4, 0.5) is 0 Å². The predicted molar refractivity (Wildman–Crippen MR) is 91.1 cm³/mol. The second-order valence-electron chi connectivity index (χ2n) is 7.52. The van der Waals surface area contributed by atoms with Gasteiger partial charge in [-0.2, -0.15) is 0 Å². The van der Waals surface area contributed by atoms with Crippen LogP contribution in [0.3, 0.4) is 0 Å². The maximum atomic E-state index is 13.0. The predicted octanol–water partition coefficient (Wildman–Crippen LogP) is 5.63. The maximum Gasteiger partial charge on any atom is 0.169 e. The molecule has 2 unspecified atom stereocenters. The van der Waals surface area contributed by atoms with Crippen molar-refractivity contribution >= 4 is 16.6 Å². The number of Topliss-reactive ketones (excluding diaryl/α,β-unsaturated/α-hetero) is 1. The van der Waals surface area contributed by atoms with Gasteiger partial charge in [0.05, 0.1) is 0 Å². The zero-order chi connectivity index (χ0) is 15.2. The number of ketones is 1. The van der Waals surface area contributed by atoms with Crippen LogP contribution in [0.25, 0.3) is 10.8 Å². The number of hydrogen-bond donors (Lipinski definition) is 0. The minimum Gasteiger partial charge on any atom is -0.294 e. The zero-order valence-electron chi connectivity index (χ0n) is 13.3. The van der Waals surface area contributed by atoms with Gasteiger partial charge in [-0.1, -0.05) is 75.4 Å². The lowest BCUT2D eigenvalue weighted by atomic mass is 9.81. The highest BCUT2D eigenvalue weighted by Gasteiger charge is 2.58. The normalized spacial score (nSPS) is 28.7. The Labute approximate surface area is 132 Å². The van der Waals surface area contributed by atoms with E-state index in [1.54, 1.807) is 0 Å². The van der Waals surface area contributed by atoms with Crippen LogP contribution in [0, 0.1) is 17.3 Å². The molecule has 0 bridgehead atoms. The Hall–Kier alpha value is -1.63. The topological polar surface area (TPSA) is 17.1 Å². The van der Waals surface area contributed by atoms with Crippen LogP contribution in [0.2, 0.25) is 0 Å². The van der Waals surface area contributed by atoms with E-state index < -0.39 is 0 Å². The van der Waals surface area contributed by atoms with Crippen LogP contribution >= 0.6 is 0 Å². The monoisotopic (exact) mass is 292 g/mol. The number of hydrogen-bond acceptors (Lipinski definition) is 1. The van der Waals surface area contributed by atoms with Crippen molar-refractivity contribution in [2.24, 2.45) is 17.3 Å². The number of carbonyl (C=O) groups excluding carboxylic acids is 1. The molecule has 0 radical (unpaired) electrons. The molecule has 0 saturated heterocycles. The van der Waals surface area contributed by atoms with Gasteiger partial charge in [-0.15, -0.1) is 0 Å². The first-order valence-electron chi connectivity index (χ1n) is 8.72. The number of rotatable bonds is 3. The van der Waals surface area contributed by atoms with Gasteiger partial charge in [-0.25, -0.2) is 0 Å². The molecule has 2 atom stereocenters. The summed E-state index contributed by atoms with van der Waals surface area (Å²) in [4.78, 5) is 13.0. The van der Waals surface area contributed by atoms with Gasteiger partial charge in [0.25, 0.3) is 0 Å². The molecule has 2 fully saturated rings. The molecule has 4 rings (SSSR count). The summed E-state index contributed by atoms with van der Waals surface area (Å²) >= 11 is 0. The second-order valence-corrected chi connectivity index (χ2v) is 7.52. The fourth-order valence-electron chi connectivity index (χ4n) is 4.54. The summed E-state index contributed by atoms with van der Waals surface area (Å²) in [7, 11) is 0. The molecule has 1 heteroatoms. The van der Waals surface area contributed by atoms with Crippen LogP contribution in [-0.4, -0.2) is 5.78 Å². The van der Waals surface area contributed by atoms with Gasteiger partial charge >= 0.3 is 0 Å². The Kier molecular flexibility index (Phi) is 3.32. The lowest BCUT2D eigenvalue weighted by Gasteiger charge is -2.23. The molecule has 2 aromatic carbocycles. The van der Waals surface area contributed by atoms with E-state index in [2.05, 4.69) is 31.2 Å². The summed E-state index contributed by atoms with van der Waals surface area (Å²) in [6.07, 6.45) is 7.89. The Morgan fingerprint density at radius 3 is 2.50 bits per heavy atom. The number of fused-ring (bicyclic) bond motifs is 1. The average molecular weight is 292 g/mol. The Morgan fingerprint density at radius 1 is 1.00 bits per heavy atom. The van der Waals surface area contributed by atoms with E-state index in [-0.39, 0.29) is 5.41 Å². The fourth-order valence-corrected chi connectivity index (χ4v) is 4.54. The van der Waals surface area contributed by atoms with Gasteiger partial charge in [0.15, 0.2) is 5.78 Å². The molecule has 0 aliphatic heterocycles. The minimum atomic E-state index is -0.0928. The molecule has 2 aliphatic carbocycles. The molecule has 0 heterocycles. The molecule has 0 aromatic heterocycles. The Balaban J connectivity index is 1.58. The van der Waals surface area contributed by atoms with Crippen LogP contribution in [0.1, 0.15) is 55.8 Å². The quantitative estimate of drug-likeness (QED) is 0.670. The third-order valence-electron chi connectivity index (χ3n) is 6.05. The highest BCUT2D eigenvalue weighted by Crippen LogP contribution is 2.60. The van der Waals surface area contributed by atoms with Crippen molar-refractivity contribution in [1.29, 1.82) is 0 Å². The van der Waals surface area contributed by atoms with E-state index in [1.807, 2.05) is 18.2 Å². The summed E-state index contributed by atoms with van der Waals surface area (Å²) in [6, 6.07) is 14.5. The number of benzene rings is 2. The molecule has 22 heavy (non-hydrogen) atoms. The van der Waals surface area contributed by atoms with E-state index in [9.17, 15) is 4.79 Å². The summed E-state index contributed by atoms with van der Waals surface area (Å²) in [5.41, 5.74) is 0.810. The Morgan fingerprint density at radius 2 is 1.73 bits per heavy atom. The highest BCUT2D eigenvalue weighted by molar-refractivity contribution is 6.04. The lowest BCUT2D eigenvalue weighted by molar-refractivity contribution is 0.0885. The lowest BCUT2D eigenvalue weighted by Crippen LogP contribution is -2.20. The highest BCUT2D eigenvalue weighted by atomic mass is 16.1. The van der Waals surface area contributed by atoms with E-state index >= 15 is 0 Å².